The summed E-state index contributed by atoms with van der Waals surface area (Å²) in [4.78, 5) is 26.7. The molecule has 1 saturated heterocycles. The minimum absolute atomic E-state index is 0.0985. The molecule has 0 radical (unpaired) electrons. The van der Waals surface area contributed by atoms with Crippen LogP contribution in [0, 0.1) is 0 Å². The first-order chi connectivity index (χ1) is 12.0. The molecule has 0 aliphatic carbocycles. The van der Waals surface area contributed by atoms with E-state index in [1.807, 2.05) is 0 Å². The summed E-state index contributed by atoms with van der Waals surface area (Å²) in [6.45, 7) is 4.33. The average Bonchev–Trinajstić information content (AvgIpc) is 2.65. The molecular weight excluding hydrogens is 342 g/mol. The van der Waals surface area contributed by atoms with Crippen molar-refractivity contribution in [3.05, 3.63) is 29.8 Å². The lowest BCUT2D eigenvalue weighted by Gasteiger charge is -2.32. The van der Waals surface area contributed by atoms with Crippen LogP contribution in [-0.4, -0.2) is 63.3 Å². The zero-order valence-electron chi connectivity index (χ0n) is 14.5. The molecule has 2 amide bonds. The van der Waals surface area contributed by atoms with Crippen LogP contribution in [0.4, 0.5) is 0 Å². The van der Waals surface area contributed by atoms with Gasteiger partial charge in [-0.25, -0.2) is 13.1 Å². The normalized spacial score (nSPS) is 15.2. The molecule has 138 valence electrons. The number of piperazine rings is 1. The van der Waals surface area contributed by atoms with E-state index < -0.39 is 10.0 Å². The fraction of sp³-hybridized carbons (Fsp3) is 0.529. The molecule has 1 aliphatic rings. The molecule has 7 nitrogen and oxygen atoms in total. The highest BCUT2D eigenvalue weighted by molar-refractivity contribution is 7.89. The van der Waals surface area contributed by atoms with Crippen LogP contribution in [0.2, 0.25) is 0 Å². The highest BCUT2D eigenvalue weighted by atomic mass is 32.2. The average molecular weight is 367 g/mol. The number of carbonyl (C=O) groups is 2. The Labute approximate surface area is 149 Å². The molecule has 1 aromatic rings. The Kier molecular flexibility index (Phi) is 6.95. The van der Waals surface area contributed by atoms with Gasteiger partial charge in [0, 0.05) is 38.3 Å². The quantitative estimate of drug-likeness (QED) is 0.550. The lowest BCUT2D eigenvalue weighted by atomic mass is 10.2. The van der Waals surface area contributed by atoms with Gasteiger partial charge in [-0.3, -0.25) is 9.59 Å². The van der Waals surface area contributed by atoms with E-state index in [1.165, 1.54) is 12.1 Å². The van der Waals surface area contributed by atoms with Gasteiger partial charge < -0.3 is 9.80 Å². The maximum absolute atomic E-state index is 12.6. The van der Waals surface area contributed by atoms with Crippen LogP contribution in [0.15, 0.2) is 29.2 Å². The Morgan fingerprint density at radius 1 is 1.20 bits per heavy atom. The van der Waals surface area contributed by atoms with E-state index in [0.29, 0.717) is 38.3 Å². The number of rotatable bonds is 8. The molecule has 0 aromatic heterocycles. The maximum atomic E-state index is 12.6. The molecule has 1 aromatic carbocycles. The van der Waals surface area contributed by atoms with Crippen molar-refractivity contribution < 1.29 is 18.0 Å². The predicted octanol–water partition coefficient (Wildman–Crippen LogP) is 1.07. The van der Waals surface area contributed by atoms with Crippen LogP contribution in [-0.2, 0) is 14.8 Å². The predicted molar refractivity (Wildman–Crippen MR) is 94.7 cm³/mol. The summed E-state index contributed by atoms with van der Waals surface area (Å²) in [5.74, 6) is -0.214. The van der Waals surface area contributed by atoms with Crippen molar-refractivity contribution in [3.8, 4) is 0 Å². The summed E-state index contributed by atoms with van der Waals surface area (Å²) >= 11 is 0. The number of benzene rings is 1. The molecule has 0 saturated carbocycles. The molecule has 8 heteroatoms. The first kappa shape index (κ1) is 19.4. The number of sulfonamides is 1. The minimum Gasteiger partial charge on any atom is -0.342 e. The molecule has 1 fully saturated rings. The smallest absolute Gasteiger partial charge is 0.254 e. The highest BCUT2D eigenvalue weighted by Gasteiger charge is 2.23. The van der Waals surface area contributed by atoms with Crippen molar-refractivity contribution in [2.24, 2.45) is 0 Å². The molecule has 0 unspecified atom stereocenters. The number of amides is 2. The molecule has 0 atom stereocenters. The SMILES string of the molecule is CCCCCNS(=O)(=O)c1cccc(C(=O)N2CCN(C=O)CC2)c1. The van der Waals surface area contributed by atoms with Crippen LogP contribution in [0.1, 0.15) is 36.5 Å². The number of unbranched alkanes of at least 4 members (excludes halogenated alkanes) is 2. The van der Waals surface area contributed by atoms with E-state index in [9.17, 15) is 18.0 Å². The van der Waals surface area contributed by atoms with Crippen LogP contribution in [0.25, 0.3) is 0 Å². The summed E-state index contributed by atoms with van der Waals surface area (Å²) < 4.78 is 27.3. The number of nitrogens with zero attached hydrogens (tertiary/aromatic N) is 2. The van der Waals surface area contributed by atoms with Gasteiger partial charge in [-0.1, -0.05) is 25.8 Å². The Balaban J connectivity index is 2.05. The molecule has 1 aliphatic heterocycles. The van der Waals surface area contributed by atoms with Crippen molar-refractivity contribution >= 4 is 22.3 Å². The molecule has 0 bridgehead atoms. The number of hydrogen-bond donors (Lipinski definition) is 1. The lowest BCUT2D eigenvalue weighted by molar-refractivity contribution is -0.119. The third-order valence-corrected chi connectivity index (χ3v) is 5.67. The van der Waals surface area contributed by atoms with Gasteiger partial charge in [-0.2, -0.15) is 0 Å². The second kappa shape index (κ2) is 8.96. The summed E-state index contributed by atoms with van der Waals surface area (Å²) in [7, 11) is -3.62. The van der Waals surface area contributed by atoms with E-state index in [1.54, 1.807) is 21.9 Å². The van der Waals surface area contributed by atoms with E-state index in [-0.39, 0.29) is 10.8 Å². The van der Waals surface area contributed by atoms with Crippen LogP contribution in [0.3, 0.4) is 0 Å². The molecule has 0 spiro atoms. The molecule has 1 N–H and O–H groups in total. The topological polar surface area (TPSA) is 86.8 Å². The summed E-state index contributed by atoms with van der Waals surface area (Å²) in [5, 5.41) is 0. The fourth-order valence-corrected chi connectivity index (χ4v) is 3.79. The minimum atomic E-state index is -3.62. The van der Waals surface area contributed by atoms with E-state index in [4.69, 9.17) is 0 Å². The summed E-state index contributed by atoms with van der Waals surface area (Å²) in [6.07, 6.45) is 3.55. The van der Waals surface area contributed by atoms with Crippen LogP contribution >= 0.6 is 0 Å². The first-order valence-corrected chi connectivity index (χ1v) is 10.0. The third kappa shape index (κ3) is 5.27. The zero-order chi connectivity index (χ0) is 18.3. The van der Waals surface area contributed by atoms with Crippen molar-refractivity contribution in [2.75, 3.05) is 32.7 Å². The van der Waals surface area contributed by atoms with Gasteiger partial charge in [0.15, 0.2) is 0 Å². The Bertz CT molecular complexity index is 698. The van der Waals surface area contributed by atoms with Gasteiger partial charge in [0.2, 0.25) is 16.4 Å². The van der Waals surface area contributed by atoms with Crippen molar-refractivity contribution in [1.82, 2.24) is 14.5 Å². The second-order valence-electron chi connectivity index (χ2n) is 6.07. The third-order valence-electron chi connectivity index (χ3n) is 4.21. The van der Waals surface area contributed by atoms with Crippen LogP contribution in [0.5, 0.6) is 0 Å². The van der Waals surface area contributed by atoms with Crippen molar-refractivity contribution in [3.63, 3.8) is 0 Å². The largest absolute Gasteiger partial charge is 0.342 e. The van der Waals surface area contributed by atoms with Gasteiger partial charge in [-0.15, -0.1) is 0 Å². The van der Waals surface area contributed by atoms with E-state index in [0.717, 1.165) is 25.7 Å². The maximum Gasteiger partial charge on any atom is 0.254 e. The van der Waals surface area contributed by atoms with Crippen LogP contribution < -0.4 is 4.72 Å². The fourth-order valence-electron chi connectivity index (χ4n) is 2.67. The monoisotopic (exact) mass is 367 g/mol. The highest BCUT2D eigenvalue weighted by Crippen LogP contribution is 2.14. The van der Waals surface area contributed by atoms with E-state index in [2.05, 4.69) is 11.6 Å². The zero-order valence-corrected chi connectivity index (χ0v) is 15.3. The molecule has 1 heterocycles. The number of carbonyl (C=O) groups excluding carboxylic acids is 2. The molecule has 25 heavy (non-hydrogen) atoms. The lowest BCUT2D eigenvalue weighted by Crippen LogP contribution is -2.48. The van der Waals surface area contributed by atoms with Gasteiger partial charge in [0.1, 0.15) is 0 Å². The number of hydrogen-bond acceptors (Lipinski definition) is 4. The Morgan fingerprint density at radius 2 is 1.92 bits per heavy atom. The summed E-state index contributed by atoms with van der Waals surface area (Å²) in [6, 6.07) is 6.10. The van der Waals surface area contributed by atoms with Gasteiger partial charge in [0.05, 0.1) is 4.90 Å². The van der Waals surface area contributed by atoms with E-state index >= 15 is 0 Å². The van der Waals surface area contributed by atoms with Crippen molar-refractivity contribution in [1.29, 1.82) is 0 Å². The molecule has 2 rings (SSSR count). The summed E-state index contributed by atoms with van der Waals surface area (Å²) in [5.41, 5.74) is 0.344. The standard InChI is InChI=1S/C17H25N3O4S/c1-2-3-4-8-18-25(23,24)16-7-5-6-15(13-16)17(22)20-11-9-19(14-21)10-12-20/h5-7,13-14,18H,2-4,8-12H2,1H3. The molecular formula is C17H25N3O4S. The second-order valence-corrected chi connectivity index (χ2v) is 7.83. The van der Waals surface area contributed by atoms with Gasteiger partial charge >= 0.3 is 0 Å². The van der Waals surface area contributed by atoms with Gasteiger partial charge in [0.25, 0.3) is 5.91 Å². The Hall–Kier alpha value is -1.93. The van der Waals surface area contributed by atoms with Gasteiger partial charge in [-0.05, 0) is 24.6 Å². The number of nitrogens with one attached hydrogen (secondary N) is 1. The van der Waals surface area contributed by atoms with Crippen molar-refractivity contribution in [2.45, 2.75) is 31.1 Å². The first-order valence-electron chi connectivity index (χ1n) is 8.56. The Morgan fingerprint density at radius 3 is 2.56 bits per heavy atom.